The molecule has 0 bridgehead atoms. The fraction of sp³-hybridized carbons (Fsp3) is 0.385. The first-order valence-corrected chi connectivity index (χ1v) is 6.05. The summed E-state index contributed by atoms with van der Waals surface area (Å²) in [6, 6.07) is 4.89. The molecule has 1 atom stereocenters. The van der Waals surface area contributed by atoms with Crippen LogP contribution in [0, 0.1) is 0 Å². The number of aromatic hydroxyl groups is 1. The molecule has 1 aromatic rings. The summed E-state index contributed by atoms with van der Waals surface area (Å²) in [6.45, 7) is 1.04. The summed E-state index contributed by atoms with van der Waals surface area (Å²) in [5.41, 5.74) is 1.52. The molecule has 2 aliphatic rings. The van der Waals surface area contributed by atoms with Gasteiger partial charge in [-0.15, -0.1) is 0 Å². The zero-order chi connectivity index (χ0) is 12.7. The first kappa shape index (κ1) is 11.1. The van der Waals surface area contributed by atoms with Crippen molar-refractivity contribution in [1.29, 1.82) is 0 Å². The van der Waals surface area contributed by atoms with Gasteiger partial charge in [-0.05, 0) is 30.2 Å². The van der Waals surface area contributed by atoms with Gasteiger partial charge in [-0.25, -0.2) is 0 Å². The van der Waals surface area contributed by atoms with Crippen LogP contribution in [0.5, 0.6) is 5.75 Å². The largest absolute Gasteiger partial charge is 0.508 e. The predicted molar refractivity (Wildman–Crippen MR) is 64.0 cm³/mol. The third-order valence-electron chi connectivity index (χ3n) is 3.60. The molecule has 0 saturated carbocycles. The number of fused-ring (bicyclic) bond motifs is 1. The summed E-state index contributed by atoms with van der Waals surface area (Å²) in [7, 11) is 0. The van der Waals surface area contributed by atoms with E-state index in [4.69, 9.17) is 0 Å². The molecule has 1 saturated heterocycles. The van der Waals surface area contributed by atoms with Gasteiger partial charge in [0.2, 0.25) is 5.91 Å². The van der Waals surface area contributed by atoms with E-state index in [0.29, 0.717) is 31.5 Å². The number of nitrogens with one attached hydrogen (secondary N) is 1. The minimum atomic E-state index is -0.00820. The van der Waals surface area contributed by atoms with Crippen molar-refractivity contribution in [1.82, 2.24) is 10.2 Å². The van der Waals surface area contributed by atoms with Gasteiger partial charge in [0.1, 0.15) is 5.75 Å². The number of hydrogen-bond donors (Lipinski definition) is 2. The molecule has 0 aromatic heterocycles. The first-order chi connectivity index (χ1) is 8.65. The molecule has 2 amide bonds. The van der Waals surface area contributed by atoms with Gasteiger partial charge in [0.15, 0.2) is 0 Å². The summed E-state index contributed by atoms with van der Waals surface area (Å²) >= 11 is 0. The Labute approximate surface area is 104 Å². The van der Waals surface area contributed by atoms with Gasteiger partial charge >= 0.3 is 0 Å². The highest BCUT2D eigenvalue weighted by molar-refractivity contribution is 5.98. The van der Waals surface area contributed by atoms with Crippen molar-refractivity contribution in [2.75, 3.05) is 6.54 Å². The third kappa shape index (κ3) is 1.72. The van der Waals surface area contributed by atoms with Crippen LogP contribution in [0.15, 0.2) is 18.2 Å². The van der Waals surface area contributed by atoms with Gasteiger partial charge in [0.25, 0.3) is 5.91 Å². The number of benzene rings is 1. The first-order valence-electron chi connectivity index (χ1n) is 6.05. The van der Waals surface area contributed by atoms with E-state index in [1.165, 1.54) is 6.07 Å². The summed E-state index contributed by atoms with van der Waals surface area (Å²) in [6.07, 6.45) is 1.17. The fourth-order valence-electron chi connectivity index (χ4n) is 2.61. The highest BCUT2D eigenvalue weighted by atomic mass is 16.3. The molecule has 2 N–H and O–H groups in total. The second kappa shape index (κ2) is 4.01. The maximum absolute atomic E-state index is 12.2. The average Bonchev–Trinajstić information content (AvgIpc) is 2.67. The number of phenolic OH excluding ortho intramolecular Hbond substituents is 1. The molecule has 18 heavy (non-hydrogen) atoms. The predicted octanol–water partition coefficient (Wildman–Crippen LogP) is 0.627. The Balaban J connectivity index is 1.81. The number of nitrogens with zero attached hydrogens (tertiary/aromatic N) is 1. The number of piperidine rings is 1. The van der Waals surface area contributed by atoms with Gasteiger partial charge in [0.05, 0.1) is 6.04 Å². The second-order valence-electron chi connectivity index (χ2n) is 4.77. The molecule has 2 heterocycles. The molecule has 0 spiro atoms. The van der Waals surface area contributed by atoms with Gasteiger partial charge in [-0.2, -0.15) is 0 Å². The van der Waals surface area contributed by atoms with Crippen LogP contribution in [0.3, 0.4) is 0 Å². The highest BCUT2D eigenvalue weighted by Gasteiger charge is 2.34. The van der Waals surface area contributed by atoms with Crippen molar-refractivity contribution in [3.05, 3.63) is 29.3 Å². The minimum Gasteiger partial charge on any atom is -0.508 e. The topological polar surface area (TPSA) is 69.6 Å². The van der Waals surface area contributed by atoms with Crippen LogP contribution in [0.2, 0.25) is 0 Å². The highest BCUT2D eigenvalue weighted by Crippen LogP contribution is 2.29. The van der Waals surface area contributed by atoms with Crippen molar-refractivity contribution in [3.8, 4) is 5.75 Å². The number of carbonyl (C=O) groups is 2. The molecule has 3 rings (SSSR count). The lowest BCUT2D eigenvalue weighted by Crippen LogP contribution is -2.48. The Kier molecular flexibility index (Phi) is 2.47. The number of rotatable bonds is 1. The van der Waals surface area contributed by atoms with Crippen LogP contribution in [0.1, 0.15) is 28.8 Å². The lowest BCUT2D eigenvalue weighted by Gasteiger charge is -2.31. The molecule has 0 radical (unpaired) electrons. The lowest BCUT2D eigenvalue weighted by molar-refractivity contribution is -0.123. The van der Waals surface area contributed by atoms with Crippen LogP contribution in [-0.4, -0.2) is 34.4 Å². The quantitative estimate of drug-likeness (QED) is 0.763. The SMILES string of the molecule is O=C1CCC(N2Cc3cc(O)ccc3C2=O)CN1. The maximum atomic E-state index is 12.2. The molecule has 1 aromatic carbocycles. The molecule has 0 aliphatic carbocycles. The Hall–Kier alpha value is -2.04. The molecular weight excluding hydrogens is 232 g/mol. The molecule has 2 aliphatic heterocycles. The molecule has 5 nitrogen and oxygen atoms in total. The van der Waals surface area contributed by atoms with E-state index in [2.05, 4.69) is 5.32 Å². The van der Waals surface area contributed by atoms with E-state index >= 15 is 0 Å². The standard InChI is InChI=1S/C13H14N2O3/c16-10-2-3-11-8(5-10)7-15(13(11)18)9-1-4-12(17)14-6-9/h2-3,5,9,16H,1,4,6-7H2,(H,14,17). The van der Waals surface area contributed by atoms with Gasteiger partial charge < -0.3 is 15.3 Å². The number of amides is 2. The summed E-state index contributed by atoms with van der Waals surface area (Å²) in [4.78, 5) is 25.1. The van der Waals surface area contributed by atoms with Gasteiger partial charge in [-0.3, -0.25) is 9.59 Å². The van der Waals surface area contributed by atoms with Crippen LogP contribution in [0.4, 0.5) is 0 Å². The Morgan fingerprint density at radius 1 is 1.33 bits per heavy atom. The summed E-state index contributed by atoms with van der Waals surface area (Å²) < 4.78 is 0. The minimum absolute atomic E-state index is 0.00820. The van der Waals surface area contributed by atoms with Gasteiger partial charge in [-0.1, -0.05) is 0 Å². The van der Waals surface area contributed by atoms with Crippen molar-refractivity contribution >= 4 is 11.8 Å². The molecule has 94 valence electrons. The van der Waals surface area contributed by atoms with Crippen LogP contribution in [-0.2, 0) is 11.3 Å². The van der Waals surface area contributed by atoms with E-state index in [1.807, 2.05) is 0 Å². The number of phenols is 1. The van der Waals surface area contributed by atoms with E-state index in [0.717, 1.165) is 5.56 Å². The summed E-state index contributed by atoms with van der Waals surface area (Å²) in [5.74, 6) is 0.222. The number of carbonyl (C=O) groups excluding carboxylic acids is 2. The van der Waals surface area contributed by atoms with Crippen LogP contribution < -0.4 is 5.32 Å². The van der Waals surface area contributed by atoms with Crippen molar-refractivity contribution in [2.45, 2.75) is 25.4 Å². The van der Waals surface area contributed by atoms with E-state index in [1.54, 1.807) is 17.0 Å². The second-order valence-corrected chi connectivity index (χ2v) is 4.77. The molecule has 1 unspecified atom stereocenters. The lowest BCUT2D eigenvalue weighted by atomic mass is 10.1. The summed E-state index contributed by atoms with van der Waals surface area (Å²) in [5, 5.41) is 12.2. The monoisotopic (exact) mass is 246 g/mol. The Bertz CT molecular complexity index is 517. The van der Waals surface area contributed by atoms with Crippen LogP contribution >= 0.6 is 0 Å². The average molecular weight is 246 g/mol. The van der Waals surface area contributed by atoms with Crippen LogP contribution in [0.25, 0.3) is 0 Å². The van der Waals surface area contributed by atoms with Crippen molar-refractivity contribution < 1.29 is 14.7 Å². The molecular formula is C13H14N2O3. The fourth-order valence-corrected chi connectivity index (χ4v) is 2.61. The van der Waals surface area contributed by atoms with E-state index in [-0.39, 0.29) is 23.6 Å². The Morgan fingerprint density at radius 3 is 2.89 bits per heavy atom. The van der Waals surface area contributed by atoms with Gasteiger partial charge in [0, 0.05) is 25.1 Å². The zero-order valence-corrected chi connectivity index (χ0v) is 9.85. The number of hydrogen-bond acceptors (Lipinski definition) is 3. The Morgan fingerprint density at radius 2 is 2.17 bits per heavy atom. The third-order valence-corrected chi connectivity index (χ3v) is 3.60. The normalized spacial score (nSPS) is 22.9. The van der Waals surface area contributed by atoms with E-state index < -0.39 is 0 Å². The molecule has 5 heteroatoms. The zero-order valence-electron chi connectivity index (χ0n) is 9.85. The van der Waals surface area contributed by atoms with E-state index in [9.17, 15) is 14.7 Å². The van der Waals surface area contributed by atoms with Crippen molar-refractivity contribution in [3.63, 3.8) is 0 Å². The smallest absolute Gasteiger partial charge is 0.254 e. The maximum Gasteiger partial charge on any atom is 0.254 e. The van der Waals surface area contributed by atoms with Crippen molar-refractivity contribution in [2.24, 2.45) is 0 Å². The molecule has 1 fully saturated rings.